The average Bonchev–Trinajstić information content (AvgIpc) is 2.89. The summed E-state index contributed by atoms with van der Waals surface area (Å²) in [6.45, 7) is 5.07. The first-order chi connectivity index (χ1) is 16.6. The van der Waals surface area contributed by atoms with Gasteiger partial charge in [-0.25, -0.2) is 0 Å². The van der Waals surface area contributed by atoms with Gasteiger partial charge in [0.1, 0.15) is 5.75 Å². The first-order valence-electron chi connectivity index (χ1n) is 12.5. The fourth-order valence-corrected chi connectivity index (χ4v) is 4.91. The molecule has 182 valence electrons. The molecule has 1 aliphatic heterocycles. The summed E-state index contributed by atoms with van der Waals surface area (Å²) in [5.74, 6) is 0.762. The summed E-state index contributed by atoms with van der Waals surface area (Å²) < 4.78 is 5.54. The van der Waals surface area contributed by atoms with Gasteiger partial charge in [-0.05, 0) is 43.2 Å². The highest BCUT2D eigenvalue weighted by Crippen LogP contribution is 2.31. The maximum absolute atomic E-state index is 13.4. The van der Waals surface area contributed by atoms with Gasteiger partial charge in [0, 0.05) is 50.0 Å². The van der Waals surface area contributed by atoms with Crippen LogP contribution in [0.4, 0.5) is 17.1 Å². The summed E-state index contributed by atoms with van der Waals surface area (Å²) in [6, 6.07) is 14.0. The number of ether oxygens (including phenoxy) is 1. The van der Waals surface area contributed by atoms with Crippen LogP contribution in [0, 0.1) is 0 Å². The van der Waals surface area contributed by atoms with E-state index in [4.69, 9.17) is 4.74 Å². The molecular weight excluding hydrogens is 428 g/mol. The van der Waals surface area contributed by atoms with Crippen molar-refractivity contribution in [2.45, 2.75) is 51.5 Å². The van der Waals surface area contributed by atoms with Crippen LogP contribution < -0.4 is 25.2 Å². The molecule has 0 unspecified atom stereocenters. The molecule has 0 spiro atoms. The van der Waals surface area contributed by atoms with E-state index in [-0.39, 0.29) is 17.9 Å². The van der Waals surface area contributed by atoms with Crippen molar-refractivity contribution >= 4 is 28.9 Å². The molecule has 2 aromatic carbocycles. The van der Waals surface area contributed by atoms with E-state index in [0.717, 1.165) is 69.0 Å². The molecule has 0 radical (unpaired) electrons. The predicted octanol–water partition coefficient (Wildman–Crippen LogP) is 4.43. The molecule has 7 nitrogen and oxygen atoms in total. The Labute approximate surface area is 202 Å². The zero-order chi connectivity index (χ0) is 23.9. The first-order valence-corrected chi connectivity index (χ1v) is 12.5. The number of amides is 2. The van der Waals surface area contributed by atoms with Crippen molar-refractivity contribution in [2.75, 3.05) is 48.4 Å². The zero-order valence-corrected chi connectivity index (χ0v) is 20.3. The third-order valence-corrected chi connectivity index (χ3v) is 6.83. The van der Waals surface area contributed by atoms with Crippen LogP contribution >= 0.6 is 0 Å². The Kier molecular flexibility index (Phi) is 7.93. The SMILES string of the molecule is CCC(=O)Nc1ccc(N2CCN(c3ccccc3OC)CC2)c(C(=O)NC2CCCCC2)c1. The molecule has 2 amide bonds. The van der Waals surface area contributed by atoms with Crippen LogP contribution in [0.2, 0.25) is 0 Å². The van der Waals surface area contributed by atoms with Crippen molar-refractivity contribution < 1.29 is 14.3 Å². The molecule has 7 heteroatoms. The fourth-order valence-electron chi connectivity index (χ4n) is 4.91. The van der Waals surface area contributed by atoms with E-state index in [1.807, 2.05) is 43.3 Å². The van der Waals surface area contributed by atoms with Crippen LogP contribution in [0.15, 0.2) is 42.5 Å². The number of nitrogens with zero attached hydrogens (tertiary/aromatic N) is 2. The number of hydrogen-bond donors (Lipinski definition) is 2. The van der Waals surface area contributed by atoms with E-state index in [0.29, 0.717) is 17.7 Å². The number of nitrogens with one attached hydrogen (secondary N) is 2. The minimum atomic E-state index is -0.0585. The number of para-hydroxylation sites is 2. The summed E-state index contributed by atoms with van der Waals surface area (Å²) in [5.41, 5.74) is 3.31. The quantitative estimate of drug-likeness (QED) is 0.634. The molecular formula is C27H36N4O3. The van der Waals surface area contributed by atoms with Gasteiger partial charge >= 0.3 is 0 Å². The van der Waals surface area contributed by atoms with Gasteiger partial charge in [-0.15, -0.1) is 0 Å². The molecule has 2 fully saturated rings. The molecule has 1 aliphatic carbocycles. The highest BCUT2D eigenvalue weighted by molar-refractivity contribution is 6.02. The number of piperazine rings is 1. The molecule has 2 aromatic rings. The second-order valence-electron chi connectivity index (χ2n) is 9.09. The van der Waals surface area contributed by atoms with Gasteiger partial charge in [0.05, 0.1) is 18.4 Å². The topological polar surface area (TPSA) is 73.9 Å². The van der Waals surface area contributed by atoms with Crippen molar-refractivity contribution in [3.05, 3.63) is 48.0 Å². The second kappa shape index (κ2) is 11.3. The van der Waals surface area contributed by atoms with Crippen molar-refractivity contribution in [3.63, 3.8) is 0 Å². The monoisotopic (exact) mass is 464 g/mol. The summed E-state index contributed by atoms with van der Waals surface area (Å²) in [7, 11) is 1.70. The number of rotatable bonds is 7. The highest BCUT2D eigenvalue weighted by Gasteiger charge is 2.25. The number of anilines is 3. The summed E-state index contributed by atoms with van der Waals surface area (Å²) in [5, 5.41) is 6.16. The van der Waals surface area contributed by atoms with Crippen molar-refractivity contribution in [2.24, 2.45) is 0 Å². The normalized spacial score (nSPS) is 16.8. The van der Waals surface area contributed by atoms with Gasteiger partial charge < -0.3 is 25.2 Å². The fraction of sp³-hybridized carbons (Fsp3) is 0.481. The predicted molar refractivity (Wildman–Crippen MR) is 137 cm³/mol. The standard InChI is InChI=1S/C27H36N4O3/c1-3-26(32)28-21-13-14-23(22(19-21)27(33)29-20-9-5-4-6-10-20)30-15-17-31(18-16-30)24-11-7-8-12-25(24)34-2/h7-8,11-14,19-20H,3-6,9-10,15-18H2,1-2H3,(H,28,32)(H,29,33). The number of benzene rings is 2. The van der Waals surface area contributed by atoms with Crippen LogP contribution in [0.1, 0.15) is 55.8 Å². The molecule has 4 rings (SSSR count). The van der Waals surface area contributed by atoms with Crippen LogP contribution in [0.5, 0.6) is 5.75 Å². The van der Waals surface area contributed by atoms with Gasteiger partial charge in [0.15, 0.2) is 0 Å². The Balaban J connectivity index is 1.53. The molecule has 1 saturated carbocycles. The second-order valence-corrected chi connectivity index (χ2v) is 9.09. The van der Waals surface area contributed by atoms with Crippen LogP contribution in [-0.4, -0.2) is 51.1 Å². The van der Waals surface area contributed by atoms with Crippen molar-refractivity contribution in [1.82, 2.24) is 5.32 Å². The first kappa shape index (κ1) is 23.9. The number of hydrogen-bond acceptors (Lipinski definition) is 5. The zero-order valence-electron chi connectivity index (χ0n) is 20.3. The van der Waals surface area contributed by atoms with Gasteiger partial charge in [-0.3, -0.25) is 9.59 Å². The van der Waals surface area contributed by atoms with E-state index in [1.165, 1.54) is 6.42 Å². The largest absolute Gasteiger partial charge is 0.495 e. The van der Waals surface area contributed by atoms with Crippen LogP contribution in [0.3, 0.4) is 0 Å². The minimum Gasteiger partial charge on any atom is -0.495 e. The van der Waals surface area contributed by atoms with E-state index in [9.17, 15) is 9.59 Å². The molecule has 0 atom stereocenters. The molecule has 0 bridgehead atoms. The minimum absolute atomic E-state index is 0.0540. The lowest BCUT2D eigenvalue weighted by atomic mass is 9.95. The lowest BCUT2D eigenvalue weighted by Gasteiger charge is -2.38. The van der Waals surface area contributed by atoms with Crippen LogP contribution in [0.25, 0.3) is 0 Å². The number of methoxy groups -OCH3 is 1. The van der Waals surface area contributed by atoms with Crippen LogP contribution in [-0.2, 0) is 4.79 Å². The van der Waals surface area contributed by atoms with Gasteiger partial charge in [0.25, 0.3) is 5.91 Å². The summed E-state index contributed by atoms with van der Waals surface area (Å²) in [6.07, 6.45) is 6.03. The maximum atomic E-state index is 13.4. The van der Waals surface area contributed by atoms with E-state index in [2.05, 4.69) is 26.5 Å². The van der Waals surface area contributed by atoms with E-state index >= 15 is 0 Å². The summed E-state index contributed by atoms with van der Waals surface area (Å²) >= 11 is 0. The Hall–Kier alpha value is -3.22. The van der Waals surface area contributed by atoms with E-state index in [1.54, 1.807) is 7.11 Å². The lowest BCUT2D eigenvalue weighted by Crippen LogP contribution is -2.47. The molecule has 1 saturated heterocycles. The Morgan fingerprint density at radius 3 is 2.29 bits per heavy atom. The molecule has 1 heterocycles. The van der Waals surface area contributed by atoms with Gasteiger partial charge in [-0.2, -0.15) is 0 Å². The molecule has 2 aliphatic rings. The number of carbonyl (C=O) groups excluding carboxylic acids is 2. The Morgan fingerprint density at radius 1 is 0.941 bits per heavy atom. The third-order valence-electron chi connectivity index (χ3n) is 6.83. The smallest absolute Gasteiger partial charge is 0.253 e. The Bertz CT molecular complexity index is 995. The number of carbonyl (C=O) groups is 2. The average molecular weight is 465 g/mol. The van der Waals surface area contributed by atoms with Gasteiger partial charge in [0.2, 0.25) is 5.91 Å². The van der Waals surface area contributed by atoms with Crippen molar-refractivity contribution in [3.8, 4) is 5.75 Å². The lowest BCUT2D eigenvalue weighted by molar-refractivity contribution is -0.115. The Morgan fingerprint density at radius 2 is 1.62 bits per heavy atom. The summed E-state index contributed by atoms with van der Waals surface area (Å²) in [4.78, 5) is 29.9. The third kappa shape index (κ3) is 5.64. The molecule has 34 heavy (non-hydrogen) atoms. The van der Waals surface area contributed by atoms with Crippen molar-refractivity contribution in [1.29, 1.82) is 0 Å². The maximum Gasteiger partial charge on any atom is 0.253 e. The highest BCUT2D eigenvalue weighted by atomic mass is 16.5. The molecule has 0 aromatic heterocycles. The van der Waals surface area contributed by atoms with Gasteiger partial charge in [-0.1, -0.05) is 38.3 Å². The van der Waals surface area contributed by atoms with E-state index < -0.39 is 0 Å². The molecule has 2 N–H and O–H groups in total.